The van der Waals surface area contributed by atoms with Crippen LogP contribution < -0.4 is 15.0 Å². The monoisotopic (exact) mass is 284 g/mol. The van der Waals surface area contributed by atoms with Crippen molar-refractivity contribution in [2.75, 3.05) is 18.0 Å². The number of rotatable bonds is 5. The van der Waals surface area contributed by atoms with Gasteiger partial charge in [-0.3, -0.25) is 0 Å². The van der Waals surface area contributed by atoms with Gasteiger partial charge in [0.05, 0.1) is 0 Å². The van der Waals surface area contributed by atoms with Crippen LogP contribution in [-0.4, -0.2) is 31.8 Å². The van der Waals surface area contributed by atoms with E-state index in [4.69, 9.17) is 0 Å². The van der Waals surface area contributed by atoms with Crippen molar-refractivity contribution >= 4 is 5.69 Å². The maximum Gasteiger partial charge on any atom is 0.387 e. The van der Waals surface area contributed by atoms with Crippen LogP contribution in [0.15, 0.2) is 24.3 Å². The second-order valence-corrected chi connectivity index (χ2v) is 5.10. The summed E-state index contributed by atoms with van der Waals surface area (Å²) < 4.78 is 28.7. The lowest BCUT2D eigenvalue weighted by atomic mass is 10.0. The molecule has 0 aromatic heterocycles. The number of halogens is 2. The van der Waals surface area contributed by atoms with Gasteiger partial charge in [0.1, 0.15) is 5.75 Å². The lowest BCUT2D eigenvalue weighted by Crippen LogP contribution is -2.56. The van der Waals surface area contributed by atoms with Crippen LogP contribution in [0, 0.1) is 0 Å². The smallest absolute Gasteiger partial charge is 0.387 e. The van der Waals surface area contributed by atoms with Crippen LogP contribution in [-0.2, 0) is 0 Å². The molecule has 0 aliphatic carbocycles. The SMILES string of the molecule is CCC1CN(c2ccc(OC(F)F)cc2)C(CC)CN1. The van der Waals surface area contributed by atoms with E-state index < -0.39 is 6.61 Å². The first kappa shape index (κ1) is 15.0. The van der Waals surface area contributed by atoms with Crippen molar-refractivity contribution in [3.05, 3.63) is 24.3 Å². The topological polar surface area (TPSA) is 24.5 Å². The molecular formula is C15H22F2N2O. The third-order valence-electron chi connectivity index (χ3n) is 3.86. The van der Waals surface area contributed by atoms with Crippen LogP contribution in [0.25, 0.3) is 0 Å². The first-order valence-corrected chi connectivity index (χ1v) is 7.19. The van der Waals surface area contributed by atoms with Crippen LogP contribution in [0.5, 0.6) is 5.75 Å². The summed E-state index contributed by atoms with van der Waals surface area (Å²) in [5.74, 6) is 0.207. The minimum atomic E-state index is -2.77. The van der Waals surface area contributed by atoms with E-state index in [1.807, 2.05) is 12.1 Å². The number of nitrogens with zero attached hydrogens (tertiary/aromatic N) is 1. The fourth-order valence-corrected chi connectivity index (χ4v) is 2.64. The van der Waals surface area contributed by atoms with Crippen molar-refractivity contribution in [1.82, 2.24) is 5.32 Å². The van der Waals surface area contributed by atoms with E-state index in [2.05, 4.69) is 28.8 Å². The molecule has 2 atom stereocenters. The fraction of sp³-hybridized carbons (Fsp3) is 0.600. The van der Waals surface area contributed by atoms with Gasteiger partial charge < -0.3 is 15.0 Å². The van der Waals surface area contributed by atoms with E-state index in [0.29, 0.717) is 12.1 Å². The van der Waals surface area contributed by atoms with Crippen molar-refractivity contribution in [2.45, 2.75) is 45.4 Å². The molecule has 0 radical (unpaired) electrons. The van der Waals surface area contributed by atoms with Crippen LogP contribution in [0.2, 0.25) is 0 Å². The molecule has 0 bridgehead atoms. The highest BCUT2D eigenvalue weighted by atomic mass is 19.3. The zero-order valence-corrected chi connectivity index (χ0v) is 12.0. The standard InChI is InChI=1S/C15H22F2N2O/c1-3-11-10-19(12(4-2)9-18-11)13-5-7-14(8-6-13)20-15(16)17/h5-8,11-12,15,18H,3-4,9-10H2,1-2H3. The molecule has 1 aliphatic heterocycles. The summed E-state index contributed by atoms with van der Waals surface area (Å²) in [7, 11) is 0. The molecule has 1 aromatic carbocycles. The third kappa shape index (κ3) is 3.60. The minimum absolute atomic E-state index is 0.207. The van der Waals surface area contributed by atoms with Gasteiger partial charge in [0.15, 0.2) is 0 Å². The number of hydrogen-bond donors (Lipinski definition) is 1. The molecule has 1 saturated heterocycles. The number of nitrogens with one attached hydrogen (secondary N) is 1. The van der Waals surface area contributed by atoms with E-state index in [1.54, 1.807) is 12.1 Å². The summed E-state index contributed by atoms with van der Waals surface area (Å²) in [6.07, 6.45) is 2.14. The zero-order valence-electron chi connectivity index (χ0n) is 12.0. The molecule has 0 saturated carbocycles. The molecule has 1 aromatic rings. The molecule has 1 N–H and O–H groups in total. The molecule has 0 amide bonds. The summed E-state index contributed by atoms with van der Waals surface area (Å²) >= 11 is 0. The summed E-state index contributed by atoms with van der Waals surface area (Å²) in [6, 6.07) is 7.86. The number of alkyl halides is 2. The van der Waals surface area contributed by atoms with Crippen LogP contribution in [0.3, 0.4) is 0 Å². The number of hydrogen-bond acceptors (Lipinski definition) is 3. The molecule has 1 heterocycles. The van der Waals surface area contributed by atoms with Gasteiger partial charge >= 0.3 is 6.61 Å². The molecule has 1 aliphatic rings. The molecule has 2 rings (SSSR count). The fourth-order valence-electron chi connectivity index (χ4n) is 2.64. The summed E-state index contributed by atoms with van der Waals surface area (Å²) in [5.41, 5.74) is 1.07. The highest BCUT2D eigenvalue weighted by molar-refractivity contribution is 5.50. The molecular weight excluding hydrogens is 262 g/mol. The quantitative estimate of drug-likeness (QED) is 0.898. The van der Waals surface area contributed by atoms with Crippen molar-refractivity contribution in [2.24, 2.45) is 0 Å². The van der Waals surface area contributed by atoms with Gasteiger partial charge in [0, 0.05) is 30.9 Å². The van der Waals surface area contributed by atoms with Crippen molar-refractivity contribution in [3.63, 3.8) is 0 Å². The average Bonchev–Trinajstić information content (AvgIpc) is 2.46. The number of piperazine rings is 1. The Morgan fingerprint density at radius 2 is 1.95 bits per heavy atom. The van der Waals surface area contributed by atoms with Crippen LogP contribution in [0.4, 0.5) is 14.5 Å². The Labute approximate surface area is 118 Å². The number of anilines is 1. The summed E-state index contributed by atoms with van der Waals surface area (Å²) in [6.45, 7) is 3.48. The zero-order chi connectivity index (χ0) is 14.5. The highest BCUT2D eigenvalue weighted by Gasteiger charge is 2.25. The molecule has 2 unspecified atom stereocenters. The Hall–Kier alpha value is -1.36. The Bertz CT molecular complexity index is 411. The Balaban J connectivity index is 2.10. The van der Waals surface area contributed by atoms with E-state index in [0.717, 1.165) is 31.6 Å². The largest absolute Gasteiger partial charge is 0.435 e. The second-order valence-electron chi connectivity index (χ2n) is 5.10. The predicted octanol–water partition coefficient (Wildman–Crippen LogP) is 3.25. The maximum atomic E-state index is 12.1. The summed E-state index contributed by atoms with van der Waals surface area (Å²) in [4.78, 5) is 2.36. The van der Waals surface area contributed by atoms with Crippen molar-refractivity contribution in [3.8, 4) is 5.75 Å². The van der Waals surface area contributed by atoms with E-state index in [9.17, 15) is 8.78 Å². The van der Waals surface area contributed by atoms with Gasteiger partial charge in [-0.25, -0.2) is 0 Å². The third-order valence-corrected chi connectivity index (χ3v) is 3.86. The lowest BCUT2D eigenvalue weighted by Gasteiger charge is -2.41. The van der Waals surface area contributed by atoms with Crippen molar-refractivity contribution in [1.29, 1.82) is 0 Å². The number of benzene rings is 1. The Morgan fingerprint density at radius 3 is 2.50 bits per heavy atom. The van der Waals surface area contributed by atoms with Crippen LogP contribution in [0.1, 0.15) is 26.7 Å². The molecule has 0 spiro atoms. The lowest BCUT2D eigenvalue weighted by molar-refractivity contribution is -0.0498. The molecule has 20 heavy (non-hydrogen) atoms. The number of ether oxygens (including phenoxy) is 1. The summed E-state index contributed by atoms with van der Waals surface area (Å²) in [5, 5.41) is 3.54. The van der Waals surface area contributed by atoms with E-state index in [-0.39, 0.29) is 5.75 Å². The van der Waals surface area contributed by atoms with Gasteiger partial charge in [0.2, 0.25) is 0 Å². The van der Waals surface area contributed by atoms with Crippen LogP contribution >= 0.6 is 0 Å². The van der Waals surface area contributed by atoms with Gasteiger partial charge in [-0.15, -0.1) is 0 Å². The van der Waals surface area contributed by atoms with Crippen molar-refractivity contribution < 1.29 is 13.5 Å². The maximum absolute atomic E-state index is 12.1. The Kier molecular flexibility index (Phi) is 5.17. The molecule has 1 fully saturated rings. The normalized spacial score (nSPS) is 23.1. The Morgan fingerprint density at radius 1 is 1.25 bits per heavy atom. The first-order chi connectivity index (χ1) is 9.63. The molecule has 5 heteroatoms. The first-order valence-electron chi connectivity index (χ1n) is 7.19. The molecule has 112 valence electrons. The van der Waals surface area contributed by atoms with Gasteiger partial charge in [-0.05, 0) is 37.1 Å². The van der Waals surface area contributed by atoms with Gasteiger partial charge in [-0.1, -0.05) is 13.8 Å². The van der Waals surface area contributed by atoms with E-state index >= 15 is 0 Å². The average molecular weight is 284 g/mol. The highest BCUT2D eigenvalue weighted by Crippen LogP contribution is 2.25. The van der Waals surface area contributed by atoms with Gasteiger partial charge in [0.25, 0.3) is 0 Å². The predicted molar refractivity (Wildman–Crippen MR) is 76.6 cm³/mol. The minimum Gasteiger partial charge on any atom is -0.435 e. The molecule has 3 nitrogen and oxygen atoms in total. The van der Waals surface area contributed by atoms with E-state index in [1.165, 1.54) is 0 Å². The van der Waals surface area contributed by atoms with Gasteiger partial charge in [-0.2, -0.15) is 8.78 Å². The second kappa shape index (κ2) is 6.88.